The van der Waals surface area contributed by atoms with Crippen LogP contribution in [-0.4, -0.2) is 22.3 Å². The lowest BCUT2D eigenvalue weighted by atomic mass is 10.3. The SMILES string of the molecule is Cn1ncc(Cl)c1C(=O)Nc1ccc(OC(F)F)c(Cl)c1. The van der Waals surface area contributed by atoms with Crippen LogP contribution in [0.5, 0.6) is 5.75 Å². The summed E-state index contributed by atoms with van der Waals surface area (Å²) in [6, 6.07) is 3.90. The van der Waals surface area contributed by atoms with Gasteiger partial charge in [-0.3, -0.25) is 9.48 Å². The van der Waals surface area contributed by atoms with Crippen LogP contribution >= 0.6 is 23.2 Å². The van der Waals surface area contributed by atoms with E-state index in [4.69, 9.17) is 23.2 Å². The molecule has 0 unspecified atom stereocenters. The van der Waals surface area contributed by atoms with Gasteiger partial charge in [0.2, 0.25) is 0 Å². The predicted octanol–water partition coefficient (Wildman–Crippen LogP) is 3.58. The molecule has 1 aromatic heterocycles. The van der Waals surface area contributed by atoms with Gasteiger partial charge in [0.15, 0.2) is 0 Å². The Balaban J connectivity index is 2.17. The van der Waals surface area contributed by atoms with Gasteiger partial charge in [0, 0.05) is 12.7 Å². The number of nitrogens with one attached hydrogen (secondary N) is 1. The third-order valence-electron chi connectivity index (χ3n) is 2.51. The predicted molar refractivity (Wildman–Crippen MR) is 74.3 cm³/mol. The minimum Gasteiger partial charge on any atom is -0.433 e. The van der Waals surface area contributed by atoms with E-state index in [1.54, 1.807) is 7.05 Å². The fourth-order valence-electron chi connectivity index (χ4n) is 1.63. The summed E-state index contributed by atoms with van der Waals surface area (Å²) in [7, 11) is 1.56. The van der Waals surface area contributed by atoms with Crippen molar-refractivity contribution in [2.75, 3.05) is 5.32 Å². The molecule has 9 heteroatoms. The molecule has 2 aromatic rings. The number of halogens is 4. The summed E-state index contributed by atoms with van der Waals surface area (Å²) in [5, 5.41) is 6.51. The van der Waals surface area contributed by atoms with Crippen molar-refractivity contribution in [3.8, 4) is 5.75 Å². The molecule has 0 fully saturated rings. The highest BCUT2D eigenvalue weighted by molar-refractivity contribution is 6.34. The molecule has 21 heavy (non-hydrogen) atoms. The van der Waals surface area contributed by atoms with Gasteiger partial charge in [0.1, 0.15) is 11.4 Å². The molecule has 2 rings (SSSR count). The Labute approximate surface area is 128 Å². The van der Waals surface area contributed by atoms with Crippen LogP contribution in [0.15, 0.2) is 24.4 Å². The number of ether oxygens (including phenoxy) is 1. The molecule has 0 radical (unpaired) electrons. The molecule has 5 nitrogen and oxygen atoms in total. The number of alkyl halides is 2. The molecule has 0 aliphatic rings. The number of hydrogen-bond acceptors (Lipinski definition) is 3. The lowest BCUT2D eigenvalue weighted by Gasteiger charge is -2.10. The Kier molecular flexibility index (Phi) is 4.64. The van der Waals surface area contributed by atoms with E-state index >= 15 is 0 Å². The smallest absolute Gasteiger partial charge is 0.387 e. The summed E-state index contributed by atoms with van der Waals surface area (Å²) in [5.41, 5.74) is 0.476. The number of carbonyl (C=O) groups excluding carboxylic acids is 1. The van der Waals surface area contributed by atoms with Crippen LogP contribution in [0.1, 0.15) is 10.5 Å². The first-order chi connectivity index (χ1) is 9.88. The molecule has 1 aromatic carbocycles. The van der Waals surface area contributed by atoms with Gasteiger partial charge in [-0.15, -0.1) is 0 Å². The number of hydrogen-bond donors (Lipinski definition) is 1. The van der Waals surface area contributed by atoms with E-state index in [0.717, 1.165) is 0 Å². The van der Waals surface area contributed by atoms with E-state index in [1.165, 1.54) is 29.1 Å². The molecule has 1 heterocycles. The van der Waals surface area contributed by atoms with E-state index in [9.17, 15) is 13.6 Å². The van der Waals surface area contributed by atoms with Crippen molar-refractivity contribution in [2.45, 2.75) is 6.61 Å². The Morgan fingerprint density at radius 1 is 1.38 bits per heavy atom. The molecule has 0 aliphatic carbocycles. The first-order valence-corrected chi connectivity index (χ1v) is 6.37. The van der Waals surface area contributed by atoms with Gasteiger partial charge in [-0.1, -0.05) is 23.2 Å². The maximum absolute atomic E-state index is 12.1. The summed E-state index contributed by atoms with van der Waals surface area (Å²) >= 11 is 11.6. The fraction of sp³-hybridized carbons (Fsp3) is 0.167. The van der Waals surface area contributed by atoms with E-state index in [0.29, 0.717) is 5.69 Å². The summed E-state index contributed by atoms with van der Waals surface area (Å²) in [6.45, 7) is -2.98. The van der Waals surface area contributed by atoms with E-state index in [-0.39, 0.29) is 21.5 Å². The molecular weight excluding hydrogens is 327 g/mol. The van der Waals surface area contributed by atoms with Crippen LogP contribution in [0.2, 0.25) is 10.0 Å². The second-order valence-electron chi connectivity index (χ2n) is 3.94. The standard InChI is InChI=1S/C12H9Cl2F2N3O2/c1-19-10(8(14)5-17-19)11(20)18-6-2-3-9(7(13)4-6)21-12(15)16/h2-5,12H,1H3,(H,18,20). The van der Waals surface area contributed by atoms with Crippen molar-refractivity contribution >= 4 is 34.8 Å². The van der Waals surface area contributed by atoms with Gasteiger partial charge in [-0.25, -0.2) is 0 Å². The van der Waals surface area contributed by atoms with Crippen LogP contribution in [0.25, 0.3) is 0 Å². The van der Waals surface area contributed by atoms with Gasteiger partial charge in [0.05, 0.1) is 16.2 Å². The number of rotatable bonds is 4. The Morgan fingerprint density at radius 3 is 2.62 bits per heavy atom. The van der Waals surface area contributed by atoms with E-state index in [2.05, 4.69) is 15.2 Å². The Morgan fingerprint density at radius 2 is 2.10 bits per heavy atom. The third-order valence-corrected chi connectivity index (χ3v) is 3.09. The summed E-state index contributed by atoms with van der Waals surface area (Å²) in [5.74, 6) is -0.679. The van der Waals surface area contributed by atoms with E-state index in [1.807, 2.05) is 0 Å². The second-order valence-corrected chi connectivity index (χ2v) is 4.76. The van der Waals surface area contributed by atoms with Crippen molar-refractivity contribution in [3.63, 3.8) is 0 Å². The quantitative estimate of drug-likeness (QED) is 0.928. The van der Waals surface area contributed by atoms with Gasteiger partial charge >= 0.3 is 6.61 Å². The maximum atomic E-state index is 12.1. The summed E-state index contributed by atoms with van der Waals surface area (Å²) in [6.07, 6.45) is 1.34. The molecule has 0 saturated heterocycles. The molecule has 0 atom stereocenters. The first kappa shape index (κ1) is 15.5. The number of amides is 1. The van der Waals surface area contributed by atoms with Crippen LogP contribution in [-0.2, 0) is 7.05 Å². The van der Waals surface area contributed by atoms with Gasteiger partial charge in [-0.05, 0) is 18.2 Å². The van der Waals surface area contributed by atoms with Gasteiger partial charge in [-0.2, -0.15) is 13.9 Å². The van der Waals surface area contributed by atoms with Crippen molar-refractivity contribution in [3.05, 3.63) is 40.1 Å². The zero-order chi connectivity index (χ0) is 15.6. The minimum absolute atomic E-state index is 0.0517. The maximum Gasteiger partial charge on any atom is 0.387 e. The van der Waals surface area contributed by atoms with Crippen molar-refractivity contribution in [1.29, 1.82) is 0 Å². The number of benzene rings is 1. The molecule has 1 N–H and O–H groups in total. The van der Waals surface area contributed by atoms with Gasteiger partial charge < -0.3 is 10.1 Å². The lowest BCUT2D eigenvalue weighted by molar-refractivity contribution is -0.0497. The number of carbonyl (C=O) groups is 1. The summed E-state index contributed by atoms with van der Waals surface area (Å²) in [4.78, 5) is 12.0. The first-order valence-electron chi connectivity index (χ1n) is 5.61. The van der Waals surface area contributed by atoms with Crippen molar-refractivity contribution in [1.82, 2.24) is 9.78 Å². The van der Waals surface area contributed by atoms with Crippen LogP contribution in [0, 0.1) is 0 Å². The second kappa shape index (κ2) is 6.28. The average molecular weight is 336 g/mol. The highest BCUT2D eigenvalue weighted by Crippen LogP contribution is 2.29. The largest absolute Gasteiger partial charge is 0.433 e. The normalized spacial score (nSPS) is 10.8. The monoisotopic (exact) mass is 335 g/mol. The zero-order valence-electron chi connectivity index (χ0n) is 10.6. The minimum atomic E-state index is -2.98. The van der Waals surface area contributed by atoms with Crippen LogP contribution in [0.3, 0.4) is 0 Å². The van der Waals surface area contributed by atoms with Crippen LogP contribution in [0.4, 0.5) is 14.5 Å². The number of nitrogens with zero attached hydrogens (tertiary/aromatic N) is 2. The number of aromatic nitrogens is 2. The average Bonchev–Trinajstić information content (AvgIpc) is 2.72. The molecule has 0 spiro atoms. The highest BCUT2D eigenvalue weighted by atomic mass is 35.5. The van der Waals surface area contributed by atoms with Crippen LogP contribution < -0.4 is 10.1 Å². The van der Waals surface area contributed by atoms with Crippen molar-refractivity contribution < 1.29 is 18.3 Å². The topological polar surface area (TPSA) is 56.2 Å². The highest BCUT2D eigenvalue weighted by Gasteiger charge is 2.16. The number of anilines is 1. The Hall–Kier alpha value is -1.86. The zero-order valence-corrected chi connectivity index (χ0v) is 12.1. The summed E-state index contributed by atoms with van der Waals surface area (Å²) < 4.78 is 29.7. The third kappa shape index (κ3) is 3.62. The lowest BCUT2D eigenvalue weighted by Crippen LogP contribution is -2.16. The molecule has 0 aliphatic heterocycles. The molecule has 0 saturated carbocycles. The fourth-order valence-corrected chi connectivity index (χ4v) is 2.10. The molecule has 1 amide bonds. The van der Waals surface area contributed by atoms with Gasteiger partial charge in [0.25, 0.3) is 5.91 Å². The number of aryl methyl sites for hydroxylation is 1. The molecule has 112 valence electrons. The Bertz CT molecular complexity index is 657. The van der Waals surface area contributed by atoms with E-state index < -0.39 is 12.5 Å². The van der Waals surface area contributed by atoms with Crippen molar-refractivity contribution in [2.24, 2.45) is 7.05 Å². The molecular formula is C12H9Cl2F2N3O2. The molecule has 0 bridgehead atoms.